The Morgan fingerprint density at radius 2 is 1.90 bits per heavy atom. The van der Waals surface area contributed by atoms with Crippen LogP contribution in [0.15, 0.2) is 29.2 Å². The summed E-state index contributed by atoms with van der Waals surface area (Å²) >= 11 is 1.80. The molecular formula is C15H25ClN2O2S. The molecule has 1 atom stereocenters. The molecule has 0 aliphatic carbocycles. The Balaban J connectivity index is 0.00000400. The smallest absolute Gasteiger partial charge is 0.227 e. The van der Waals surface area contributed by atoms with Crippen LogP contribution in [0.4, 0.5) is 5.69 Å². The fourth-order valence-electron chi connectivity index (χ4n) is 1.64. The Morgan fingerprint density at radius 3 is 2.33 bits per heavy atom. The third kappa shape index (κ3) is 8.31. The van der Waals surface area contributed by atoms with Gasteiger partial charge in [-0.2, -0.15) is 0 Å². The SMILES string of the molecule is COC(CN)CC(=O)Nc1ccc(SC(C)(C)C)cc1.Cl. The summed E-state index contributed by atoms with van der Waals surface area (Å²) in [5, 5.41) is 2.85. The third-order valence-corrected chi connectivity index (χ3v) is 3.69. The fourth-order valence-corrected chi connectivity index (χ4v) is 2.62. The molecule has 0 heterocycles. The number of amides is 1. The van der Waals surface area contributed by atoms with Gasteiger partial charge in [-0.05, 0) is 24.3 Å². The molecule has 1 aromatic carbocycles. The van der Waals surface area contributed by atoms with Crippen LogP contribution in [0.3, 0.4) is 0 Å². The van der Waals surface area contributed by atoms with Gasteiger partial charge in [0.05, 0.1) is 12.5 Å². The van der Waals surface area contributed by atoms with Gasteiger partial charge in [-0.3, -0.25) is 4.79 Å². The molecule has 0 fully saturated rings. The summed E-state index contributed by atoms with van der Waals surface area (Å²) in [6, 6.07) is 7.86. The van der Waals surface area contributed by atoms with Crippen LogP contribution in [0.25, 0.3) is 0 Å². The van der Waals surface area contributed by atoms with E-state index >= 15 is 0 Å². The van der Waals surface area contributed by atoms with E-state index in [0.717, 1.165) is 5.69 Å². The van der Waals surface area contributed by atoms with Gasteiger partial charge in [-0.25, -0.2) is 0 Å². The van der Waals surface area contributed by atoms with Crippen molar-refractivity contribution < 1.29 is 9.53 Å². The highest BCUT2D eigenvalue weighted by Gasteiger charge is 2.13. The van der Waals surface area contributed by atoms with E-state index in [-0.39, 0.29) is 35.6 Å². The van der Waals surface area contributed by atoms with Crippen LogP contribution in [-0.2, 0) is 9.53 Å². The largest absolute Gasteiger partial charge is 0.380 e. The number of nitrogens with one attached hydrogen (secondary N) is 1. The molecule has 0 saturated carbocycles. The first-order chi connectivity index (χ1) is 9.34. The first-order valence-corrected chi connectivity index (χ1v) is 7.47. The second kappa shape index (κ2) is 9.30. The molecule has 1 aromatic rings. The van der Waals surface area contributed by atoms with Crippen LogP contribution < -0.4 is 11.1 Å². The number of hydrogen-bond acceptors (Lipinski definition) is 4. The standard InChI is InChI=1S/C15H24N2O2S.ClH/c1-15(2,3)20-13-7-5-11(6-8-13)17-14(18)9-12(10-16)19-4;/h5-8,12H,9-10,16H2,1-4H3,(H,17,18);1H. The summed E-state index contributed by atoms with van der Waals surface area (Å²) in [7, 11) is 1.56. The zero-order valence-electron chi connectivity index (χ0n) is 13.0. The van der Waals surface area contributed by atoms with Crippen molar-refractivity contribution in [3.8, 4) is 0 Å². The molecular weight excluding hydrogens is 308 g/mol. The third-order valence-electron chi connectivity index (χ3n) is 2.57. The molecule has 0 spiro atoms. The molecule has 120 valence electrons. The summed E-state index contributed by atoms with van der Waals surface area (Å²) in [5.41, 5.74) is 6.29. The molecule has 1 amide bonds. The molecule has 0 radical (unpaired) electrons. The van der Waals surface area contributed by atoms with Gasteiger partial charge in [-0.15, -0.1) is 24.2 Å². The van der Waals surface area contributed by atoms with Crippen molar-refractivity contribution >= 4 is 35.8 Å². The van der Waals surface area contributed by atoms with E-state index in [9.17, 15) is 4.79 Å². The lowest BCUT2D eigenvalue weighted by Crippen LogP contribution is -2.28. The lowest BCUT2D eigenvalue weighted by atomic mass is 10.2. The molecule has 6 heteroatoms. The van der Waals surface area contributed by atoms with E-state index in [1.165, 1.54) is 4.90 Å². The Morgan fingerprint density at radius 1 is 1.33 bits per heavy atom. The lowest BCUT2D eigenvalue weighted by molar-refractivity contribution is -0.118. The second-order valence-corrected chi connectivity index (χ2v) is 7.48. The van der Waals surface area contributed by atoms with Crippen LogP contribution in [0.2, 0.25) is 0 Å². The number of carbonyl (C=O) groups excluding carboxylic acids is 1. The van der Waals surface area contributed by atoms with Crippen molar-refractivity contribution in [2.24, 2.45) is 5.73 Å². The van der Waals surface area contributed by atoms with Crippen LogP contribution in [0.1, 0.15) is 27.2 Å². The Hall–Kier alpha value is -0.750. The van der Waals surface area contributed by atoms with Crippen molar-refractivity contribution in [3.05, 3.63) is 24.3 Å². The summed E-state index contributed by atoms with van der Waals surface area (Å²) in [6.45, 7) is 6.85. The predicted octanol–water partition coefficient (Wildman–Crippen LogP) is 3.30. The highest BCUT2D eigenvalue weighted by molar-refractivity contribution is 8.00. The number of anilines is 1. The van der Waals surface area contributed by atoms with Crippen LogP contribution in [0.5, 0.6) is 0 Å². The number of ether oxygens (including phenoxy) is 1. The summed E-state index contributed by atoms with van der Waals surface area (Å²) < 4.78 is 5.27. The number of thioether (sulfide) groups is 1. The molecule has 21 heavy (non-hydrogen) atoms. The van der Waals surface area contributed by atoms with Crippen LogP contribution >= 0.6 is 24.2 Å². The highest BCUT2D eigenvalue weighted by Crippen LogP contribution is 2.32. The van der Waals surface area contributed by atoms with Gasteiger partial charge >= 0.3 is 0 Å². The number of rotatable bonds is 6. The normalized spacial score (nSPS) is 12.4. The Bertz CT molecular complexity index is 428. The quantitative estimate of drug-likeness (QED) is 0.784. The van der Waals surface area contributed by atoms with E-state index in [1.807, 2.05) is 24.3 Å². The molecule has 0 saturated heterocycles. The van der Waals surface area contributed by atoms with Crippen molar-refractivity contribution in [1.82, 2.24) is 0 Å². The van der Waals surface area contributed by atoms with Gasteiger partial charge in [0.15, 0.2) is 0 Å². The average molecular weight is 333 g/mol. The van der Waals surface area contributed by atoms with Crippen LogP contribution in [-0.4, -0.2) is 30.4 Å². The number of benzene rings is 1. The molecule has 0 aliphatic heterocycles. The van der Waals surface area contributed by atoms with E-state index in [1.54, 1.807) is 18.9 Å². The Kier molecular flexibility index (Phi) is 8.97. The molecule has 4 nitrogen and oxygen atoms in total. The van der Waals surface area contributed by atoms with Gasteiger partial charge in [0.2, 0.25) is 5.91 Å². The Labute approximate surface area is 137 Å². The second-order valence-electron chi connectivity index (χ2n) is 5.58. The van der Waals surface area contributed by atoms with E-state index < -0.39 is 0 Å². The number of hydrogen-bond donors (Lipinski definition) is 2. The predicted molar refractivity (Wildman–Crippen MR) is 92.4 cm³/mol. The summed E-state index contributed by atoms with van der Waals surface area (Å²) in [4.78, 5) is 13.0. The number of halogens is 1. The maximum absolute atomic E-state index is 11.8. The highest BCUT2D eigenvalue weighted by atomic mass is 35.5. The molecule has 0 aliphatic rings. The monoisotopic (exact) mass is 332 g/mol. The van der Waals surface area contributed by atoms with Gasteiger partial charge in [-0.1, -0.05) is 20.8 Å². The number of methoxy groups -OCH3 is 1. The summed E-state index contributed by atoms with van der Waals surface area (Å²) in [6.07, 6.45) is 0.0385. The fraction of sp³-hybridized carbons (Fsp3) is 0.533. The minimum atomic E-state index is -0.231. The average Bonchev–Trinajstić information content (AvgIpc) is 2.36. The lowest BCUT2D eigenvalue weighted by Gasteiger charge is -2.17. The minimum Gasteiger partial charge on any atom is -0.380 e. The molecule has 0 aromatic heterocycles. The zero-order valence-corrected chi connectivity index (χ0v) is 14.6. The minimum absolute atomic E-state index is 0. The van der Waals surface area contributed by atoms with E-state index in [0.29, 0.717) is 6.54 Å². The van der Waals surface area contributed by atoms with Gasteiger partial charge in [0, 0.05) is 29.0 Å². The van der Waals surface area contributed by atoms with Crippen molar-refractivity contribution in [2.45, 2.75) is 42.9 Å². The molecule has 1 unspecified atom stereocenters. The van der Waals surface area contributed by atoms with Crippen molar-refractivity contribution in [3.63, 3.8) is 0 Å². The molecule has 0 bridgehead atoms. The first-order valence-electron chi connectivity index (χ1n) is 6.66. The topological polar surface area (TPSA) is 64.3 Å². The first kappa shape index (κ1) is 20.2. The van der Waals surface area contributed by atoms with Crippen LogP contribution in [0, 0.1) is 0 Å². The van der Waals surface area contributed by atoms with Gasteiger partial charge in [0.25, 0.3) is 0 Å². The van der Waals surface area contributed by atoms with Crippen molar-refractivity contribution in [2.75, 3.05) is 19.0 Å². The number of nitrogens with two attached hydrogens (primary N) is 1. The van der Waals surface area contributed by atoms with Gasteiger partial charge in [0.1, 0.15) is 0 Å². The maximum atomic E-state index is 11.8. The van der Waals surface area contributed by atoms with Crippen molar-refractivity contribution in [1.29, 1.82) is 0 Å². The van der Waals surface area contributed by atoms with E-state index in [2.05, 4.69) is 26.1 Å². The molecule has 1 rings (SSSR count). The zero-order chi connectivity index (χ0) is 15.2. The maximum Gasteiger partial charge on any atom is 0.227 e. The summed E-state index contributed by atoms with van der Waals surface area (Å²) in [5.74, 6) is -0.0847. The molecule has 3 N–H and O–H groups in total. The number of carbonyl (C=O) groups is 1. The van der Waals surface area contributed by atoms with E-state index in [4.69, 9.17) is 10.5 Å². The van der Waals surface area contributed by atoms with Gasteiger partial charge < -0.3 is 15.8 Å².